The molecule has 0 fully saturated rings. The number of nitrogens with zero attached hydrogens (tertiary/aromatic N) is 2. The highest BCUT2D eigenvalue weighted by Gasteiger charge is 2.47. The molecule has 0 aliphatic carbocycles. The third-order valence-corrected chi connectivity index (χ3v) is 5.71. The summed E-state index contributed by atoms with van der Waals surface area (Å²) < 4.78 is 53.3. The lowest BCUT2D eigenvalue weighted by Gasteiger charge is -2.33. The van der Waals surface area contributed by atoms with Gasteiger partial charge in [-0.3, -0.25) is 4.79 Å². The molecular formula is C24H25F3N4O3. The van der Waals surface area contributed by atoms with E-state index in [1.165, 1.54) is 20.3 Å². The minimum atomic E-state index is -4.56. The van der Waals surface area contributed by atoms with Crippen molar-refractivity contribution in [3.8, 4) is 11.5 Å². The van der Waals surface area contributed by atoms with E-state index in [0.29, 0.717) is 22.7 Å². The zero-order valence-electron chi connectivity index (χ0n) is 19.2. The van der Waals surface area contributed by atoms with Crippen molar-refractivity contribution >= 4 is 17.4 Å². The maximum atomic E-state index is 14.0. The van der Waals surface area contributed by atoms with Crippen molar-refractivity contribution in [2.75, 3.05) is 24.9 Å². The summed E-state index contributed by atoms with van der Waals surface area (Å²) in [5.41, 5.74) is 2.95. The molecule has 7 nitrogen and oxygen atoms in total. The number of aromatic nitrogens is 2. The van der Waals surface area contributed by atoms with E-state index in [0.717, 1.165) is 15.8 Å². The summed E-state index contributed by atoms with van der Waals surface area (Å²) in [6, 6.07) is 9.26. The number of aryl methyl sites for hydroxylation is 2. The standard InChI is InChI=1S/C24H25F3N4O3/c1-13-7-14(2)9-16(8-13)28-23(32)18-12-22-29-17(11-21(24(25,26)27)31(22)30-18)15-5-6-19(33-3)20(10-15)34-4/h5-10,12,17,21,29H,11H2,1-4H3,(H,28,32)/t17-,21-/m1/s1. The van der Waals surface area contributed by atoms with E-state index in [2.05, 4.69) is 15.7 Å². The first kappa shape index (κ1) is 23.5. The number of amides is 1. The number of halogens is 3. The first-order chi connectivity index (χ1) is 16.1. The molecule has 34 heavy (non-hydrogen) atoms. The van der Waals surface area contributed by atoms with Crippen LogP contribution in [0, 0.1) is 13.8 Å². The fourth-order valence-electron chi connectivity index (χ4n) is 4.21. The summed E-state index contributed by atoms with van der Waals surface area (Å²) in [6.07, 6.45) is -4.86. The Morgan fingerprint density at radius 3 is 2.35 bits per heavy atom. The van der Waals surface area contributed by atoms with Crippen molar-refractivity contribution in [1.29, 1.82) is 0 Å². The van der Waals surface area contributed by atoms with Crippen LogP contribution in [-0.4, -0.2) is 36.1 Å². The molecule has 2 aromatic carbocycles. The van der Waals surface area contributed by atoms with Gasteiger partial charge >= 0.3 is 6.18 Å². The van der Waals surface area contributed by atoms with Gasteiger partial charge in [0.25, 0.3) is 5.91 Å². The number of hydrogen-bond acceptors (Lipinski definition) is 5. The van der Waals surface area contributed by atoms with E-state index >= 15 is 0 Å². The van der Waals surface area contributed by atoms with Crippen molar-refractivity contribution in [2.24, 2.45) is 0 Å². The van der Waals surface area contributed by atoms with Crippen molar-refractivity contribution in [3.05, 3.63) is 64.8 Å². The summed E-state index contributed by atoms with van der Waals surface area (Å²) in [5, 5.41) is 9.81. The fraction of sp³-hybridized carbons (Fsp3) is 0.333. The quantitative estimate of drug-likeness (QED) is 0.516. The summed E-state index contributed by atoms with van der Waals surface area (Å²) in [7, 11) is 2.95. The maximum Gasteiger partial charge on any atom is 0.410 e. The number of anilines is 2. The van der Waals surface area contributed by atoms with Gasteiger partial charge in [-0.1, -0.05) is 12.1 Å². The Balaban J connectivity index is 1.65. The third-order valence-electron chi connectivity index (χ3n) is 5.71. The van der Waals surface area contributed by atoms with E-state index in [1.54, 1.807) is 30.3 Å². The predicted octanol–water partition coefficient (Wildman–Crippen LogP) is 5.43. The SMILES string of the molecule is COc1ccc([C@H]2C[C@H](C(F)(F)F)n3nc(C(=O)Nc4cc(C)cc(C)c4)cc3N2)cc1OC. The Morgan fingerprint density at radius 1 is 1.06 bits per heavy atom. The largest absolute Gasteiger partial charge is 0.493 e. The monoisotopic (exact) mass is 474 g/mol. The lowest BCUT2D eigenvalue weighted by molar-refractivity contribution is -0.173. The lowest BCUT2D eigenvalue weighted by Crippen LogP contribution is -2.35. The lowest BCUT2D eigenvalue weighted by atomic mass is 9.96. The van der Waals surface area contributed by atoms with Crippen molar-refractivity contribution in [1.82, 2.24) is 9.78 Å². The van der Waals surface area contributed by atoms with Crippen LogP contribution in [0.2, 0.25) is 0 Å². The molecule has 0 radical (unpaired) electrons. The molecule has 1 aliphatic heterocycles. The normalized spacial score (nSPS) is 17.5. The number of rotatable bonds is 5. The van der Waals surface area contributed by atoms with Gasteiger partial charge in [0, 0.05) is 18.2 Å². The second kappa shape index (κ2) is 8.92. The number of hydrogen-bond donors (Lipinski definition) is 2. The highest BCUT2D eigenvalue weighted by molar-refractivity contribution is 6.03. The average Bonchev–Trinajstić information content (AvgIpc) is 3.20. The van der Waals surface area contributed by atoms with Gasteiger partial charge in [0.2, 0.25) is 0 Å². The van der Waals surface area contributed by atoms with Crippen LogP contribution in [0.25, 0.3) is 0 Å². The summed E-state index contributed by atoms with van der Waals surface area (Å²) in [5.74, 6) is 0.416. The molecule has 0 saturated carbocycles. The summed E-state index contributed by atoms with van der Waals surface area (Å²) in [6.45, 7) is 3.79. The second-order valence-corrected chi connectivity index (χ2v) is 8.29. The van der Waals surface area contributed by atoms with E-state index in [-0.39, 0.29) is 17.9 Å². The van der Waals surface area contributed by atoms with Crippen molar-refractivity contribution in [2.45, 2.75) is 38.5 Å². The minimum Gasteiger partial charge on any atom is -0.493 e. The molecule has 180 valence electrons. The van der Waals surface area contributed by atoms with Gasteiger partial charge in [0.1, 0.15) is 5.82 Å². The zero-order chi connectivity index (χ0) is 24.6. The van der Waals surface area contributed by atoms with Gasteiger partial charge in [-0.15, -0.1) is 0 Å². The van der Waals surface area contributed by atoms with E-state index in [9.17, 15) is 18.0 Å². The number of methoxy groups -OCH3 is 2. The Kier molecular flexibility index (Phi) is 6.16. The molecule has 0 saturated heterocycles. The number of ether oxygens (including phenoxy) is 2. The van der Waals surface area contributed by atoms with Crippen LogP contribution in [0.4, 0.5) is 24.7 Å². The molecule has 10 heteroatoms. The zero-order valence-corrected chi connectivity index (χ0v) is 19.2. The number of nitrogens with one attached hydrogen (secondary N) is 2. The van der Waals surface area contributed by atoms with Crippen LogP contribution in [-0.2, 0) is 0 Å². The molecule has 2 atom stereocenters. The maximum absolute atomic E-state index is 14.0. The van der Waals surface area contributed by atoms with Crippen LogP contribution < -0.4 is 20.1 Å². The highest BCUT2D eigenvalue weighted by Crippen LogP contribution is 2.44. The van der Waals surface area contributed by atoms with Crippen LogP contribution in [0.1, 0.15) is 45.7 Å². The first-order valence-electron chi connectivity index (χ1n) is 10.6. The number of carbonyl (C=O) groups is 1. The average molecular weight is 474 g/mol. The van der Waals surface area contributed by atoms with Gasteiger partial charge in [-0.2, -0.15) is 18.3 Å². The number of benzene rings is 2. The Labute approximate surface area is 194 Å². The van der Waals surface area contributed by atoms with Crippen LogP contribution in [0.5, 0.6) is 11.5 Å². The first-order valence-corrected chi connectivity index (χ1v) is 10.6. The van der Waals surface area contributed by atoms with E-state index in [1.807, 2.05) is 19.9 Å². The molecule has 0 bridgehead atoms. The van der Waals surface area contributed by atoms with Crippen LogP contribution in [0.15, 0.2) is 42.5 Å². The smallest absolute Gasteiger partial charge is 0.410 e. The Bertz CT molecular complexity index is 1200. The Morgan fingerprint density at radius 2 is 1.74 bits per heavy atom. The number of alkyl halides is 3. The Hall–Kier alpha value is -3.69. The molecular weight excluding hydrogens is 449 g/mol. The third kappa shape index (κ3) is 4.66. The predicted molar refractivity (Wildman–Crippen MR) is 122 cm³/mol. The molecule has 1 aliphatic rings. The molecule has 2 heterocycles. The van der Waals surface area contributed by atoms with E-state index in [4.69, 9.17) is 9.47 Å². The molecule has 1 aromatic heterocycles. The highest BCUT2D eigenvalue weighted by atomic mass is 19.4. The summed E-state index contributed by atoms with van der Waals surface area (Å²) in [4.78, 5) is 12.8. The van der Waals surface area contributed by atoms with Crippen molar-refractivity contribution < 1.29 is 27.4 Å². The molecule has 4 rings (SSSR count). The molecule has 3 aromatic rings. The van der Waals surface area contributed by atoms with Crippen molar-refractivity contribution in [3.63, 3.8) is 0 Å². The topological polar surface area (TPSA) is 77.4 Å². The molecule has 2 N–H and O–H groups in total. The molecule has 0 spiro atoms. The number of fused-ring (bicyclic) bond motifs is 1. The van der Waals surface area contributed by atoms with Crippen LogP contribution in [0.3, 0.4) is 0 Å². The number of carbonyl (C=O) groups excluding carboxylic acids is 1. The van der Waals surface area contributed by atoms with Crippen LogP contribution >= 0.6 is 0 Å². The minimum absolute atomic E-state index is 0.108. The second-order valence-electron chi connectivity index (χ2n) is 8.29. The van der Waals surface area contributed by atoms with Gasteiger partial charge in [0.15, 0.2) is 23.2 Å². The van der Waals surface area contributed by atoms with Gasteiger partial charge in [0.05, 0.1) is 20.3 Å². The van der Waals surface area contributed by atoms with E-state index < -0.39 is 24.2 Å². The molecule has 1 amide bonds. The van der Waals surface area contributed by atoms with Gasteiger partial charge in [-0.25, -0.2) is 4.68 Å². The van der Waals surface area contributed by atoms with Gasteiger partial charge < -0.3 is 20.1 Å². The summed E-state index contributed by atoms with van der Waals surface area (Å²) >= 11 is 0. The fourth-order valence-corrected chi connectivity index (χ4v) is 4.21. The molecule has 0 unspecified atom stereocenters. The van der Waals surface area contributed by atoms with Gasteiger partial charge in [-0.05, 0) is 54.8 Å².